The van der Waals surface area contributed by atoms with Crippen LogP contribution in [0.5, 0.6) is 0 Å². The van der Waals surface area contributed by atoms with Crippen molar-refractivity contribution in [1.29, 1.82) is 0 Å². The molecule has 0 aliphatic carbocycles. The number of hydrogen-bond acceptors (Lipinski definition) is 3. The zero-order valence-corrected chi connectivity index (χ0v) is 17.2. The maximum atomic E-state index is 14.1. The Morgan fingerprint density at radius 2 is 1.63 bits per heavy atom. The van der Waals surface area contributed by atoms with Gasteiger partial charge in [0.05, 0.1) is 17.6 Å². The first kappa shape index (κ1) is 19.4. The van der Waals surface area contributed by atoms with E-state index in [0.717, 1.165) is 35.6 Å². The molecule has 5 heteroatoms. The number of aryl methyl sites for hydroxylation is 4. The highest BCUT2D eigenvalue weighted by atomic mass is 19.1. The number of imidazole rings is 1. The van der Waals surface area contributed by atoms with E-state index in [1.807, 2.05) is 33.0 Å². The third-order valence-corrected chi connectivity index (χ3v) is 5.22. The van der Waals surface area contributed by atoms with Gasteiger partial charge in [-0.2, -0.15) is 0 Å². The molecule has 1 N–H and O–H groups in total. The second-order valence-corrected chi connectivity index (χ2v) is 7.49. The van der Waals surface area contributed by atoms with Crippen molar-refractivity contribution in [3.63, 3.8) is 0 Å². The van der Waals surface area contributed by atoms with Crippen LogP contribution < -0.4 is 10.2 Å². The molecule has 0 radical (unpaired) electrons. The van der Waals surface area contributed by atoms with Crippen LogP contribution in [-0.2, 0) is 6.54 Å². The molecule has 27 heavy (non-hydrogen) atoms. The maximum absolute atomic E-state index is 14.1. The summed E-state index contributed by atoms with van der Waals surface area (Å²) < 4.78 is 16.3. The topological polar surface area (TPSA) is 33.1 Å². The molecule has 0 aliphatic rings. The van der Waals surface area contributed by atoms with Crippen molar-refractivity contribution < 1.29 is 4.39 Å². The van der Waals surface area contributed by atoms with E-state index in [1.165, 1.54) is 11.1 Å². The molecule has 2 aromatic carbocycles. The average molecular weight is 369 g/mol. The van der Waals surface area contributed by atoms with Crippen molar-refractivity contribution in [2.45, 2.75) is 34.2 Å². The number of hydrogen-bond donors (Lipinski definition) is 1. The van der Waals surface area contributed by atoms with E-state index in [-0.39, 0.29) is 5.82 Å². The Bertz CT molecular complexity index is 951. The number of nitrogens with zero attached hydrogens (tertiary/aromatic N) is 3. The van der Waals surface area contributed by atoms with Crippen molar-refractivity contribution in [3.8, 4) is 0 Å². The Hall–Kier alpha value is -2.40. The standard InChI is InChI=1S/C22H29FN4/c1-14-11-19-20(12-15(14)2)27(22(25-19)26(6)8-7-24-5)13-18-9-16(3)21(23)17(4)10-18/h9-12,24H,7-8,13H2,1-6H3. The van der Waals surface area contributed by atoms with Crippen molar-refractivity contribution in [2.24, 2.45) is 0 Å². The van der Waals surface area contributed by atoms with E-state index in [4.69, 9.17) is 4.98 Å². The lowest BCUT2D eigenvalue weighted by Crippen LogP contribution is -2.29. The monoisotopic (exact) mass is 368 g/mol. The van der Waals surface area contributed by atoms with Crippen LogP contribution >= 0.6 is 0 Å². The summed E-state index contributed by atoms with van der Waals surface area (Å²) in [5, 5.41) is 3.19. The highest BCUT2D eigenvalue weighted by Crippen LogP contribution is 2.27. The van der Waals surface area contributed by atoms with Gasteiger partial charge in [-0.05, 0) is 74.7 Å². The van der Waals surface area contributed by atoms with Gasteiger partial charge >= 0.3 is 0 Å². The van der Waals surface area contributed by atoms with Crippen LogP contribution in [0.25, 0.3) is 11.0 Å². The molecule has 0 fully saturated rings. The molecule has 4 nitrogen and oxygen atoms in total. The summed E-state index contributed by atoms with van der Waals surface area (Å²) in [4.78, 5) is 7.08. The highest BCUT2D eigenvalue weighted by Gasteiger charge is 2.16. The van der Waals surface area contributed by atoms with Crippen LogP contribution in [0.3, 0.4) is 0 Å². The number of nitrogens with one attached hydrogen (secondary N) is 1. The first-order valence-electron chi connectivity index (χ1n) is 9.40. The number of likely N-dealkylation sites (N-methyl/N-ethyl adjacent to an activating group) is 2. The second-order valence-electron chi connectivity index (χ2n) is 7.49. The summed E-state index contributed by atoms with van der Waals surface area (Å²) in [6.45, 7) is 10.3. The normalized spacial score (nSPS) is 11.4. The second kappa shape index (κ2) is 7.69. The van der Waals surface area contributed by atoms with Crippen molar-refractivity contribution in [1.82, 2.24) is 14.9 Å². The number of fused-ring (bicyclic) bond motifs is 1. The Labute approximate surface area is 161 Å². The smallest absolute Gasteiger partial charge is 0.206 e. The van der Waals surface area contributed by atoms with E-state index in [9.17, 15) is 4.39 Å². The highest BCUT2D eigenvalue weighted by molar-refractivity contribution is 5.81. The van der Waals surface area contributed by atoms with Crippen molar-refractivity contribution >= 4 is 17.0 Å². The lowest BCUT2D eigenvalue weighted by atomic mass is 10.1. The first-order chi connectivity index (χ1) is 12.8. The third-order valence-electron chi connectivity index (χ3n) is 5.22. The number of anilines is 1. The van der Waals surface area contributed by atoms with Gasteiger partial charge in [0.15, 0.2) is 0 Å². The third kappa shape index (κ3) is 3.83. The van der Waals surface area contributed by atoms with Crippen LogP contribution in [-0.4, -0.2) is 36.7 Å². The summed E-state index contributed by atoms with van der Waals surface area (Å²) in [6, 6.07) is 8.23. The lowest BCUT2D eigenvalue weighted by Gasteiger charge is -2.20. The van der Waals surface area contributed by atoms with Gasteiger partial charge in [-0.15, -0.1) is 0 Å². The number of halogens is 1. The van der Waals surface area contributed by atoms with Crippen molar-refractivity contribution in [2.75, 3.05) is 32.1 Å². The van der Waals surface area contributed by atoms with Crippen molar-refractivity contribution in [3.05, 3.63) is 57.9 Å². The molecule has 0 atom stereocenters. The summed E-state index contributed by atoms with van der Waals surface area (Å²) in [7, 11) is 4.02. The van der Waals surface area contributed by atoms with Gasteiger partial charge in [-0.25, -0.2) is 9.37 Å². The molecule has 0 spiro atoms. The summed E-state index contributed by atoms with van der Waals surface area (Å²) in [5.74, 6) is 0.817. The Morgan fingerprint density at radius 1 is 1.00 bits per heavy atom. The predicted octanol–water partition coefficient (Wildman–Crippen LogP) is 4.11. The quantitative estimate of drug-likeness (QED) is 0.711. The van der Waals surface area contributed by atoms with Gasteiger partial charge in [-0.1, -0.05) is 12.1 Å². The molecule has 0 bridgehead atoms. The molecule has 0 saturated carbocycles. The minimum absolute atomic E-state index is 0.118. The Kier molecular flexibility index (Phi) is 5.51. The van der Waals surface area contributed by atoms with Crippen LogP contribution in [0, 0.1) is 33.5 Å². The fraction of sp³-hybridized carbons (Fsp3) is 0.409. The molecule has 0 aliphatic heterocycles. The van der Waals surface area contributed by atoms with Gasteiger partial charge in [0.1, 0.15) is 5.82 Å². The fourth-order valence-electron chi connectivity index (χ4n) is 3.50. The van der Waals surface area contributed by atoms with E-state index in [1.54, 1.807) is 0 Å². The van der Waals surface area contributed by atoms with Gasteiger partial charge < -0.3 is 14.8 Å². The molecule has 0 amide bonds. The number of benzene rings is 2. The van der Waals surface area contributed by atoms with Gasteiger partial charge in [-0.3, -0.25) is 0 Å². The maximum Gasteiger partial charge on any atom is 0.206 e. The Morgan fingerprint density at radius 3 is 2.26 bits per heavy atom. The van der Waals surface area contributed by atoms with Gasteiger partial charge in [0.2, 0.25) is 5.95 Å². The summed E-state index contributed by atoms with van der Waals surface area (Å²) >= 11 is 0. The average Bonchev–Trinajstić information content (AvgIpc) is 2.95. The van der Waals surface area contributed by atoms with Crippen LogP contribution in [0.15, 0.2) is 24.3 Å². The molecule has 3 rings (SSSR count). The predicted molar refractivity (Wildman–Crippen MR) is 111 cm³/mol. The van der Waals surface area contributed by atoms with Gasteiger partial charge in [0.25, 0.3) is 0 Å². The molecule has 3 aromatic rings. The first-order valence-corrected chi connectivity index (χ1v) is 9.40. The summed E-state index contributed by atoms with van der Waals surface area (Å²) in [5.41, 5.74) is 7.07. The van der Waals surface area contributed by atoms with Crippen LogP contribution in [0.1, 0.15) is 27.8 Å². The zero-order chi connectivity index (χ0) is 19.7. The molecular formula is C22H29FN4. The van der Waals surface area contributed by atoms with Gasteiger partial charge in [0, 0.05) is 20.1 Å². The minimum atomic E-state index is -0.118. The SMILES string of the molecule is CNCCN(C)c1nc2cc(C)c(C)cc2n1Cc1cc(C)c(F)c(C)c1. The zero-order valence-electron chi connectivity index (χ0n) is 17.2. The molecule has 0 saturated heterocycles. The van der Waals surface area contributed by atoms with E-state index in [0.29, 0.717) is 17.7 Å². The summed E-state index contributed by atoms with van der Waals surface area (Å²) in [6.07, 6.45) is 0. The molecule has 1 aromatic heterocycles. The molecule has 0 unspecified atom stereocenters. The van der Waals surface area contributed by atoms with E-state index < -0.39 is 0 Å². The van der Waals surface area contributed by atoms with E-state index in [2.05, 4.69) is 47.8 Å². The Balaban J connectivity index is 2.12. The number of aromatic nitrogens is 2. The molecule has 144 valence electrons. The fourth-order valence-corrected chi connectivity index (χ4v) is 3.50. The minimum Gasteiger partial charge on any atom is -0.344 e. The van der Waals surface area contributed by atoms with Crippen LogP contribution in [0.4, 0.5) is 10.3 Å². The molecular weight excluding hydrogens is 339 g/mol. The van der Waals surface area contributed by atoms with E-state index >= 15 is 0 Å². The molecule has 1 heterocycles. The largest absolute Gasteiger partial charge is 0.344 e. The van der Waals surface area contributed by atoms with Crippen LogP contribution in [0.2, 0.25) is 0 Å². The number of rotatable bonds is 6. The lowest BCUT2D eigenvalue weighted by molar-refractivity contribution is 0.607.